The SMILES string of the molecule is N[C@@H]1Cc2ccccc2[C@H](Cl)[C@@H]1C=O. The number of hydrogen-bond donors (Lipinski definition) is 1. The van der Waals surface area contributed by atoms with Crippen molar-refractivity contribution < 1.29 is 4.79 Å². The normalized spacial score (nSPS) is 30.9. The average molecular weight is 210 g/mol. The van der Waals surface area contributed by atoms with Gasteiger partial charge in [0.15, 0.2) is 0 Å². The summed E-state index contributed by atoms with van der Waals surface area (Å²) in [6.07, 6.45) is 1.61. The Morgan fingerprint density at radius 1 is 1.43 bits per heavy atom. The number of rotatable bonds is 1. The van der Waals surface area contributed by atoms with Gasteiger partial charge in [0.1, 0.15) is 6.29 Å². The van der Waals surface area contributed by atoms with E-state index in [9.17, 15) is 4.79 Å². The zero-order valence-corrected chi connectivity index (χ0v) is 8.45. The highest BCUT2D eigenvalue weighted by molar-refractivity contribution is 6.22. The fourth-order valence-electron chi connectivity index (χ4n) is 1.97. The lowest BCUT2D eigenvalue weighted by atomic mass is 9.81. The van der Waals surface area contributed by atoms with Crippen molar-refractivity contribution in [1.29, 1.82) is 0 Å². The number of halogens is 1. The molecule has 0 bridgehead atoms. The van der Waals surface area contributed by atoms with E-state index in [1.807, 2.05) is 24.3 Å². The molecule has 2 nitrogen and oxygen atoms in total. The lowest BCUT2D eigenvalue weighted by molar-refractivity contribution is -0.111. The lowest BCUT2D eigenvalue weighted by Crippen LogP contribution is -2.39. The minimum atomic E-state index is -0.271. The number of aldehydes is 1. The smallest absolute Gasteiger partial charge is 0.126 e. The standard InChI is InChI=1S/C11H12ClNO/c12-11-8-4-2-1-3-7(8)5-10(13)9(11)6-14/h1-4,6,9-11H,5,13H2/t9-,10-,11+/m1/s1. The third kappa shape index (κ3) is 1.45. The van der Waals surface area contributed by atoms with Gasteiger partial charge >= 0.3 is 0 Å². The van der Waals surface area contributed by atoms with Crippen molar-refractivity contribution >= 4 is 17.9 Å². The van der Waals surface area contributed by atoms with E-state index in [1.165, 1.54) is 0 Å². The van der Waals surface area contributed by atoms with Crippen LogP contribution >= 0.6 is 11.6 Å². The molecule has 1 aliphatic carbocycles. The van der Waals surface area contributed by atoms with E-state index in [1.54, 1.807) is 0 Å². The molecule has 1 aliphatic rings. The van der Waals surface area contributed by atoms with Crippen molar-refractivity contribution in [2.45, 2.75) is 17.8 Å². The summed E-state index contributed by atoms with van der Waals surface area (Å²) in [6.45, 7) is 0. The van der Waals surface area contributed by atoms with E-state index in [0.29, 0.717) is 0 Å². The number of hydrogen-bond acceptors (Lipinski definition) is 2. The zero-order chi connectivity index (χ0) is 10.1. The number of carbonyl (C=O) groups is 1. The van der Waals surface area contributed by atoms with Gasteiger partial charge in [0.2, 0.25) is 0 Å². The van der Waals surface area contributed by atoms with Gasteiger partial charge in [0.25, 0.3) is 0 Å². The second kappa shape index (κ2) is 3.71. The van der Waals surface area contributed by atoms with Gasteiger partial charge in [-0.15, -0.1) is 11.6 Å². The quantitative estimate of drug-likeness (QED) is 0.565. The molecular weight excluding hydrogens is 198 g/mol. The Balaban J connectivity index is 2.43. The van der Waals surface area contributed by atoms with Crippen molar-refractivity contribution in [1.82, 2.24) is 0 Å². The maximum atomic E-state index is 10.8. The average Bonchev–Trinajstić information content (AvgIpc) is 2.18. The molecule has 2 N–H and O–H groups in total. The molecule has 3 heteroatoms. The topological polar surface area (TPSA) is 43.1 Å². The molecule has 0 heterocycles. The summed E-state index contributed by atoms with van der Waals surface area (Å²) in [5.41, 5.74) is 8.09. The van der Waals surface area contributed by atoms with Gasteiger partial charge in [-0.2, -0.15) is 0 Å². The molecule has 0 saturated carbocycles. The monoisotopic (exact) mass is 209 g/mol. The summed E-state index contributed by atoms with van der Waals surface area (Å²) in [5.74, 6) is -0.258. The zero-order valence-electron chi connectivity index (χ0n) is 7.69. The van der Waals surface area contributed by atoms with Crippen LogP contribution in [0.2, 0.25) is 0 Å². The molecule has 3 atom stereocenters. The van der Waals surface area contributed by atoms with Crippen LogP contribution in [-0.4, -0.2) is 12.3 Å². The Morgan fingerprint density at radius 3 is 2.86 bits per heavy atom. The predicted molar refractivity (Wildman–Crippen MR) is 56.3 cm³/mol. The number of benzene rings is 1. The molecule has 0 spiro atoms. The minimum absolute atomic E-state index is 0.148. The molecule has 0 unspecified atom stereocenters. The Labute approximate surface area is 88.1 Å². The molecular formula is C11H12ClNO. The highest BCUT2D eigenvalue weighted by atomic mass is 35.5. The maximum Gasteiger partial charge on any atom is 0.126 e. The van der Waals surface area contributed by atoms with Crippen LogP contribution in [0.3, 0.4) is 0 Å². The summed E-state index contributed by atoms with van der Waals surface area (Å²) in [7, 11) is 0. The van der Waals surface area contributed by atoms with Crippen molar-refractivity contribution in [3.8, 4) is 0 Å². The van der Waals surface area contributed by atoms with Crippen LogP contribution in [0.1, 0.15) is 16.5 Å². The first-order chi connectivity index (χ1) is 6.74. The van der Waals surface area contributed by atoms with E-state index < -0.39 is 0 Å². The molecule has 14 heavy (non-hydrogen) atoms. The molecule has 0 fully saturated rings. The van der Waals surface area contributed by atoms with Crippen LogP contribution in [0.5, 0.6) is 0 Å². The summed E-state index contributed by atoms with van der Waals surface area (Å²) in [5, 5.41) is -0.271. The molecule has 0 radical (unpaired) electrons. The summed E-state index contributed by atoms with van der Waals surface area (Å²) in [4.78, 5) is 10.8. The number of nitrogens with two attached hydrogens (primary N) is 1. The summed E-state index contributed by atoms with van der Waals surface area (Å²) in [6, 6.07) is 7.74. The van der Waals surface area contributed by atoms with Crippen LogP contribution < -0.4 is 5.73 Å². The largest absolute Gasteiger partial charge is 0.327 e. The first-order valence-corrected chi connectivity index (χ1v) is 5.10. The third-order valence-electron chi connectivity index (χ3n) is 2.80. The van der Waals surface area contributed by atoms with Crippen molar-refractivity contribution in [3.63, 3.8) is 0 Å². The van der Waals surface area contributed by atoms with E-state index in [0.717, 1.165) is 23.8 Å². The molecule has 0 aromatic heterocycles. The number of alkyl halides is 1. The van der Waals surface area contributed by atoms with E-state index >= 15 is 0 Å². The maximum absolute atomic E-state index is 10.8. The van der Waals surface area contributed by atoms with Crippen molar-refractivity contribution in [2.24, 2.45) is 11.7 Å². The van der Waals surface area contributed by atoms with Crippen molar-refractivity contribution in [2.75, 3.05) is 0 Å². The van der Waals surface area contributed by atoms with Crippen molar-refractivity contribution in [3.05, 3.63) is 35.4 Å². The molecule has 0 saturated heterocycles. The summed E-state index contributed by atoms with van der Waals surface area (Å²) >= 11 is 6.20. The van der Waals surface area contributed by atoms with Crippen LogP contribution in [0.15, 0.2) is 24.3 Å². The van der Waals surface area contributed by atoms with E-state index in [2.05, 4.69) is 0 Å². The fraction of sp³-hybridized carbons (Fsp3) is 0.364. The second-order valence-corrected chi connectivity index (χ2v) is 4.15. The first kappa shape index (κ1) is 9.69. The third-order valence-corrected chi connectivity index (χ3v) is 3.32. The fourth-order valence-corrected chi connectivity index (χ4v) is 2.43. The highest BCUT2D eigenvalue weighted by Gasteiger charge is 2.32. The molecule has 0 aliphatic heterocycles. The minimum Gasteiger partial charge on any atom is -0.327 e. The van der Waals surface area contributed by atoms with Gasteiger partial charge in [-0.25, -0.2) is 0 Å². The number of fused-ring (bicyclic) bond motifs is 1. The summed E-state index contributed by atoms with van der Waals surface area (Å²) < 4.78 is 0. The van der Waals surface area contributed by atoms with Crippen LogP contribution in [0.4, 0.5) is 0 Å². The molecule has 74 valence electrons. The molecule has 1 aromatic carbocycles. The van der Waals surface area contributed by atoms with E-state index in [4.69, 9.17) is 17.3 Å². The predicted octanol–water partition coefficient (Wildman–Crippen LogP) is 1.67. The van der Waals surface area contributed by atoms with Crippen LogP contribution in [-0.2, 0) is 11.2 Å². The Morgan fingerprint density at radius 2 is 2.14 bits per heavy atom. The van der Waals surface area contributed by atoms with Gasteiger partial charge < -0.3 is 10.5 Å². The second-order valence-electron chi connectivity index (χ2n) is 3.68. The van der Waals surface area contributed by atoms with Gasteiger partial charge in [0.05, 0.1) is 11.3 Å². The Kier molecular flexibility index (Phi) is 2.57. The molecule has 2 rings (SSSR count). The number of carbonyl (C=O) groups excluding carboxylic acids is 1. The van der Waals surface area contributed by atoms with Gasteiger partial charge in [-0.3, -0.25) is 0 Å². The van der Waals surface area contributed by atoms with Crippen LogP contribution in [0, 0.1) is 5.92 Å². The molecule has 1 aromatic rings. The molecule has 0 amide bonds. The first-order valence-electron chi connectivity index (χ1n) is 4.67. The Hall–Kier alpha value is -0.860. The van der Waals surface area contributed by atoms with Gasteiger partial charge in [-0.1, -0.05) is 24.3 Å². The Bertz CT molecular complexity index is 353. The lowest BCUT2D eigenvalue weighted by Gasteiger charge is -2.31. The van der Waals surface area contributed by atoms with E-state index in [-0.39, 0.29) is 17.3 Å². The van der Waals surface area contributed by atoms with Gasteiger partial charge in [-0.05, 0) is 17.5 Å². The van der Waals surface area contributed by atoms with Gasteiger partial charge in [0, 0.05) is 6.04 Å². The highest BCUT2D eigenvalue weighted by Crippen LogP contribution is 2.37. The van der Waals surface area contributed by atoms with Crippen LogP contribution in [0.25, 0.3) is 0 Å².